The maximum absolute atomic E-state index is 10.6. The lowest BCUT2D eigenvalue weighted by Crippen LogP contribution is -2.63. The van der Waals surface area contributed by atoms with E-state index in [2.05, 4.69) is 18.9 Å². The van der Waals surface area contributed by atoms with Gasteiger partial charge in [-0.3, -0.25) is 4.79 Å². The van der Waals surface area contributed by atoms with Crippen molar-refractivity contribution in [2.75, 3.05) is 20.2 Å². The van der Waals surface area contributed by atoms with Crippen LogP contribution >= 0.6 is 0 Å². The lowest BCUT2D eigenvalue weighted by molar-refractivity contribution is -0.160. The molecule has 2 aliphatic carbocycles. The third-order valence-corrected chi connectivity index (χ3v) is 5.08. The molecule has 0 radical (unpaired) electrons. The highest BCUT2D eigenvalue weighted by molar-refractivity contribution is 5.66. The molecule has 0 aromatic carbocycles. The third kappa shape index (κ3) is 2.95. The molecule has 0 amide bonds. The van der Waals surface area contributed by atoms with E-state index in [9.17, 15) is 4.79 Å². The van der Waals surface area contributed by atoms with E-state index in [0.29, 0.717) is 17.6 Å². The average molecular weight is 269 g/mol. The number of aliphatic carboxylic acids is 1. The topological polar surface area (TPSA) is 49.8 Å². The molecule has 110 valence electrons. The van der Waals surface area contributed by atoms with Crippen LogP contribution < -0.4 is 0 Å². The molecular formula is C15H27NO3. The lowest BCUT2D eigenvalue weighted by Gasteiger charge is -2.57. The Labute approximate surface area is 116 Å². The van der Waals surface area contributed by atoms with E-state index in [1.165, 1.54) is 25.7 Å². The largest absolute Gasteiger partial charge is 0.481 e. The van der Waals surface area contributed by atoms with Gasteiger partial charge >= 0.3 is 5.97 Å². The minimum absolute atomic E-state index is 0.277. The molecule has 0 aromatic rings. The summed E-state index contributed by atoms with van der Waals surface area (Å²) in [5.74, 6) is -0.690. The summed E-state index contributed by atoms with van der Waals surface area (Å²) in [4.78, 5) is 13.0. The van der Waals surface area contributed by atoms with Gasteiger partial charge in [0, 0.05) is 24.5 Å². The van der Waals surface area contributed by atoms with E-state index in [1.807, 2.05) is 0 Å². The third-order valence-electron chi connectivity index (χ3n) is 5.08. The van der Waals surface area contributed by atoms with Crippen LogP contribution in [0.4, 0.5) is 0 Å². The molecule has 0 bridgehead atoms. The number of hydrogen-bond donors (Lipinski definition) is 1. The molecule has 0 aliphatic heterocycles. The highest BCUT2D eigenvalue weighted by Crippen LogP contribution is 2.56. The molecule has 2 atom stereocenters. The standard InChI is InChI=1S/C15H27NO3/c1-3-19-13-11-12(15(13)8-4-5-9-15)16(2)10-6-7-14(17)18/h12-13H,3-11H2,1-2H3,(H,17,18)/t12-,13-/m0/s1. The molecule has 1 spiro atoms. The first-order chi connectivity index (χ1) is 9.10. The Hall–Kier alpha value is -0.610. The Bertz CT molecular complexity index is 313. The molecule has 0 heterocycles. The monoisotopic (exact) mass is 269 g/mol. The van der Waals surface area contributed by atoms with Crippen molar-refractivity contribution in [3.8, 4) is 0 Å². The maximum Gasteiger partial charge on any atom is 0.303 e. The van der Waals surface area contributed by atoms with E-state index in [4.69, 9.17) is 9.84 Å². The van der Waals surface area contributed by atoms with Crippen LogP contribution in [0.15, 0.2) is 0 Å². The van der Waals surface area contributed by atoms with Gasteiger partial charge in [0.2, 0.25) is 0 Å². The summed E-state index contributed by atoms with van der Waals surface area (Å²) >= 11 is 0. The van der Waals surface area contributed by atoms with E-state index in [-0.39, 0.29) is 6.42 Å². The van der Waals surface area contributed by atoms with Gasteiger partial charge in [-0.1, -0.05) is 12.8 Å². The Balaban J connectivity index is 1.87. The fourth-order valence-corrected chi connectivity index (χ4v) is 4.10. The highest BCUT2D eigenvalue weighted by Gasteiger charge is 2.57. The van der Waals surface area contributed by atoms with Gasteiger partial charge in [-0.2, -0.15) is 0 Å². The molecule has 0 saturated heterocycles. The zero-order valence-corrected chi connectivity index (χ0v) is 12.2. The van der Waals surface area contributed by atoms with Gasteiger partial charge in [-0.15, -0.1) is 0 Å². The van der Waals surface area contributed by atoms with Gasteiger partial charge in [0.25, 0.3) is 0 Å². The number of ether oxygens (including phenoxy) is 1. The second kappa shape index (κ2) is 6.23. The van der Waals surface area contributed by atoms with Crippen molar-refractivity contribution in [3.05, 3.63) is 0 Å². The van der Waals surface area contributed by atoms with Gasteiger partial charge in [0.05, 0.1) is 6.10 Å². The zero-order chi connectivity index (χ0) is 13.9. The average Bonchev–Trinajstić information content (AvgIpc) is 2.85. The van der Waals surface area contributed by atoms with Crippen LogP contribution in [-0.2, 0) is 9.53 Å². The molecule has 2 saturated carbocycles. The van der Waals surface area contributed by atoms with Crippen molar-refractivity contribution in [1.29, 1.82) is 0 Å². The maximum atomic E-state index is 10.6. The van der Waals surface area contributed by atoms with Crippen LogP contribution in [0.3, 0.4) is 0 Å². The minimum atomic E-state index is -0.690. The predicted octanol–water partition coefficient (Wildman–Crippen LogP) is 2.52. The lowest BCUT2D eigenvalue weighted by atomic mass is 9.60. The Morgan fingerprint density at radius 1 is 1.42 bits per heavy atom. The summed E-state index contributed by atoms with van der Waals surface area (Å²) in [6, 6.07) is 0.598. The number of hydrogen-bond acceptors (Lipinski definition) is 3. The normalized spacial score (nSPS) is 28.8. The molecule has 1 N–H and O–H groups in total. The van der Waals surface area contributed by atoms with Gasteiger partial charge in [0.15, 0.2) is 0 Å². The second-order valence-corrected chi connectivity index (χ2v) is 6.11. The Morgan fingerprint density at radius 2 is 2.11 bits per heavy atom. The van der Waals surface area contributed by atoms with Gasteiger partial charge in [0.1, 0.15) is 0 Å². The van der Waals surface area contributed by atoms with E-state index in [0.717, 1.165) is 26.0 Å². The van der Waals surface area contributed by atoms with Crippen LogP contribution in [-0.4, -0.2) is 48.3 Å². The fourth-order valence-electron chi connectivity index (χ4n) is 4.10. The van der Waals surface area contributed by atoms with Gasteiger partial charge < -0.3 is 14.7 Å². The summed E-state index contributed by atoms with van der Waals surface area (Å²) in [5.41, 5.74) is 0.369. The quantitative estimate of drug-likeness (QED) is 0.771. The SMILES string of the molecule is CCO[C@H]1C[C@H](N(C)CCCC(=O)O)C12CCCC2. The molecule has 19 heavy (non-hydrogen) atoms. The van der Waals surface area contributed by atoms with Crippen LogP contribution in [0.25, 0.3) is 0 Å². The van der Waals surface area contributed by atoms with Gasteiger partial charge in [-0.25, -0.2) is 0 Å². The van der Waals surface area contributed by atoms with Crippen molar-refractivity contribution in [2.24, 2.45) is 5.41 Å². The van der Waals surface area contributed by atoms with Crippen LogP contribution in [0.1, 0.15) is 51.9 Å². The summed E-state index contributed by atoms with van der Waals surface area (Å²) < 4.78 is 5.92. The molecular weight excluding hydrogens is 242 g/mol. The first-order valence-corrected chi connectivity index (χ1v) is 7.64. The molecule has 2 aliphatic rings. The molecule has 2 rings (SSSR count). The van der Waals surface area contributed by atoms with Crippen LogP contribution in [0.2, 0.25) is 0 Å². The number of carboxylic acids is 1. The highest BCUT2D eigenvalue weighted by atomic mass is 16.5. The summed E-state index contributed by atoms with van der Waals surface area (Å²) in [5, 5.41) is 8.71. The summed E-state index contributed by atoms with van der Waals surface area (Å²) in [7, 11) is 2.15. The molecule has 0 aromatic heterocycles. The van der Waals surface area contributed by atoms with Crippen molar-refractivity contribution in [3.63, 3.8) is 0 Å². The van der Waals surface area contributed by atoms with Crippen molar-refractivity contribution >= 4 is 5.97 Å². The number of rotatable bonds is 7. The minimum Gasteiger partial charge on any atom is -0.481 e. The number of carboxylic acid groups (broad SMARTS) is 1. The van der Waals surface area contributed by atoms with Crippen LogP contribution in [0, 0.1) is 5.41 Å². The van der Waals surface area contributed by atoms with Gasteiger partial charge in [-0.05, 0) is 46.2 Å². The first-order valence-electron chi connectivity index (χ1n) is 7.64. The second-order valence-electron chi connectivity index (χ2n) is 6.11. The predicted molar refractivity (Wildman–Crippen MR) is 74.2 cm³/mol. The van der Waals surface area contributed by atoms with Crippen LogP contribution in [0.5, 0.6) is 0 Å². The van der Waals surface area contributed by atoms with E-state index in [1.54, 1.807) is 0 Å². The van der Waals surface area contributed by atoms with E-state index < -0.39 is 5.97 Å². The molecule has 2 fully saturated rings. The summed E-state index contributed by atoms with van der Waals surface area (Å²) in [6.45, 7) is 3.77. The smallest absolute Gasteiger partial charge is 0.303 e. The molecule has 4 nitrogen and oxygen atoms in total. The fraction of sp³-hybridized carbons (Fsp3) is 0.933. The van der Waals surface area contributed by atoms with Crippen molar-refractivity contribution in [2.45, 2.75) is 64.0 Å². The molecule has 0 unspecified atom stereocenters. The Morgan fingerprint density at radius 3 is 2.68 bits per heavy atom. The Kier molecular flexibility index (Phi) is 4.85. The first kappa shape index (κ1) is 14.8. The summed E-state index contributed by atoms with van der Waals surface area (Å²) in [6.07, 6.45) is 7.80. The molecule has 4 heteroatoms. The van der Waals surface area contributed by atoms with E-state index >= 15 is 0 Å². The number of nitrogens with zero attached hydrogens (tertiary/aromatic N) is 1. The zero-order valence-electron chi connectivity index (χ0n) is 12.2. The van der Waals surface area contributed by atoms with Crippen molar-refractivity contribution in [1.82, 2.24) is 4.90 Å². The number of carbonyl (C=O) groups is 1. The van der Waals surface area contributed by atoms with Crippen molar-refractivity contribution < 1.29 is 14.6 Å².